The predicted molar refractivity (Wildman–Crippen MR) is 55.7 cm³/mol. The smallest absolute Gasteiger partial charge is 0.409 e. The normalized spacial score (nSPS) is 28.2. The van der Waals surface area contributed by atoms with E-state index in [0.29, 0.717) is 12.0 Å². The van der Waals surface area contributed by atoms with Crippen molar-refractivity contribution in [1.29, 1.82) is 0 Å². The van der Waals surface area contributed by atoms with Crippen LogP contribution in [0.25, 0.3) is 0 Å². The Kier molecular flexibility index (Phi) is 3.41. The highest BCUT2D eigenvalue weighted by molar-refractivity contribution is 6.44. The van der Waals surface area contributed by atoms with E-state index in [4.69, 9.17) is 9.31 Å². The van der Waals surface area contributed by atoms with E-state index in [0.717, 1.165) is 12.7 Å². The summed E-state index contributed by atoms with van der Waals surface area (Å²) in [6.07, 6.45) is 2.31. The molecule has 0 spiro atoms. The van der Waals surface area contributed by atoms with E-state index in [-0.39, 0.29) is 12.7 Å². The number of hydrogen-bond acceptors (Lipinski definition) is 2. The first-order valence-electron chi connectivity index (χ1n) is 5.22. The van der Waals surface area contributed by atoms with Gasteiger partial charge in [0.1, 0.15) is 0 Å². The van der Waals surface area contributed by atoms with Crippen LogP contribution in [0.4, 0.5) is 0 Å². The molecule has 1 aliphatic rings. The SMILES string of the molecule is CC(C)CB1OC(C)CC(C)(C)O1. The van der Waals surface area contributed by atoms with E-state index in [1.54, 1.807) is 0 Å². The van der Waals surface area contributed by atoms with Crippen LogP contribution in [0.3, 0.4) is 0 Å². The second-order valence-corrected chi connectivity index (χ2v) is 5.09. The molecule has 1 fully saturated rings. The highest BCUT2D eigenvalue weighted by Crippen LogP contribution is 2.28. The molecule has 0 aromatic rings. The Labute approximate surface area is 82.1 Å². The third-order valence-corrected chi connectivity index (χ3v) is 2.28. The predicted octanol–water partition coefficient (Wildman–Crippen LogP) is 2.73. The molecule has 1 atom stereocenters. The fourth-order valence-electron chi connectivity index (χ4n) is 1.92. The zero-order valence-electron chi connectivity index (χ0n) is 9.46. The molecule has 0 aromatic carbocycles. The summed E-state index contributed by atoms with van der Waals surface area (Å²) in [6, 6.07) is 0. The second-order valence-electron chi connectivity index (χ2n) is 5.09. The minimum Gasteiger partial charge on any atom is -0.409 e. The molecule has 13 heavy (non-hydrogen) atoms. The molecule has 1 aliphatic heterocycles. The summed E-state index contributed by atoms with van der Waals surface area (Å²) in [5.74, 6) is 0.631. The minimum atomic E-state index is -0.0166. The molecule has 0 amide bonds. The molecule has 0 aromatic heterocycles. The van der Waals surface area contributed by atoms with Crippen LogP contribution in [0.1, 0.15) is 41.0 Å². The molecule has 0 bridgehead atoms. The van der Waals surface area contributed by atoms with Gasteiger partial charge in [0.25, 0.3) is 0 Å². The van der Waals surface area contributed by atoms with Crippen molar-refractivity contribution in [3.8, 4) is 0 Å². The Morgan fingerprint density at radius 2 is 2.08 bits per heavy atom. The molecule has 76 valence electrons. The Bertz CT molecular complexity index is 166. The Hall–Kier alpha value is -0.0151. The summed E-state index contributed by atoms with van der Waals surface area (Å²) in [4.78, 5) is 0. The zero-order valence-corrected chi connectivity index (χ0v) is 9.46. The van der Waals surface area contributed by atoms with Crippen LogP contribution in [-0.4, -0.2) is 18.8 Å². The van der Waals surface area contributed by atoms with Gasteiger partial charge in [-0.3, -0.25) is 0 Å². The lowest BCUT2D eigenvalue weighted by molar-refractivity contribution is -0.0297. The van der Waals surface area contributed by atoms with E-state index in [2.05, 4.69) is 34.6 Å². The zero-order chi connectivity index (χ0) is 10.1. The summed E-state index contributed by atoms with van der Waals surface area (Å²) in [6.45, 7) is 10.8. The van der Waals surface area contributed by atoms with Crippen molar-refractivity contribution in [3.05, 3.63) is 0 Å². The lowest BCUT2D eigenvalue weighted by Gasteiger charge is -2.38. The largest absolute Gasteiger partial charge is 0.457 e. The number of rotatable bonds is 2. The molecule has 3 heteroatoms. The fourth-order valence-corrected chi connectivity index (χ4v) is 1.92. The van der Waals surface area contributed by atoms with Crippen LogP contribution >= 0.6 is 0 Å². The Balaban J connectivity index is 2.48. The molecular formula is C10H21BO2. The van der Waals surface area contributed by atoms with Crippen molar-refractivity contribution in [3.63, 3.8) is 0 Å². The van der Waals surface area contributed by atoms with Crippen molar-refractivity contribution in [2.45, 2.75) is 59.1 Å². The third-order valence-electron chi connectivity index (χ3n) is 2.28. The van der Waals surface area contributed by atoms with E-state index in [1.807, 2.05) is 0 Å². The van der Waals surface area contributed by atoms with Gasteiger partial charge in [0, 0.05) is 6.10 Å². The molecule has 0 aliphatic carbocycles. The third kappa shape index (κ3) is 3.69. The fraction of sp³-hybridized carbons (Fsp3) is 1.00. The topological polar surface area (TPSA) is 18.5 Å². The van der Waals surface area contributed by atoms with Gasteiger partial charge in [0.2, 0.25) is 0 Å². The first-order chi connectivity index (χ1) is 5.89. The van der Waals surface area contributed by atoms with Gasteiger partial charge in [-0.15, -0.1) is 0 Å². The van der Waals surface area contributed by atoms with Gasteiger partial charge in [0.15, 0.2) is 0 Å². The minimum absolute atomic E-state index is 0.00116. The van der Waals surface area contributed by atoms with E-state index < -0.39 is 0 Å². The van der Waals surface area contributed by atoms with Gasteiger partial charge in [-0.25, -0.2) is 0 Å². The first kappa shape index (κ1) is 11.1. The van der Waals surface area contributed by atoms with Gasteiger partial charge >= 0.3 is 7.12 Å². The van der Waals surface area contributed by atoms with Gasteiger partial charge in [-0.1, -0.05) is 13.8 Å². The quantitative estimate of drug-likeness (QED) is 0.614. The summed E-state index contributed by atoms with van der Waals surface area (Å²) in [7, 11) is -0.00116. The second kappa shape index (κ2) is 4.01. The molecule has 0 radical (unpaired) electrons. The van der Waals surface area contributed by atoms with Gasteiger partial charge in [-0.2, -0.15) is 0 Å². The highest BCUT2D eigenvalue weighted by atomic mass is 16.6. The average Bonchev–Trinajstić information content (AvgIpc) is 1.78. The summed E-state index contributed by atoms with van der Waals surface area (Å²) in [5.41, 5.74) is -0.0166. The molecule has 0 N–H and O–H groups in total. The summed E-state index contributed by atoms with van der Waals surface area (Å²) >= 11 is 0. The van der Waals surface area contributed by atoms with Crippen molar-refractivity contribution in [1.82, 2.24) is 0 Å². The van der Waals surface area contributed by atoms with Gasteiger partial charge in [-0.05, 0) is 39.4 Å². The van der Waals surface area contributed by atoms with Crippen LogP contribution < -0.4 is 0 Å². The molecule has 0 saturated carbocycles. The Morgan fingerprint density at radius 1 is 1.46 bits per heavy atom. The lowest BCUT2D eigenvalue weighted by Crippen LogP contribution is -2.46. The van der Waals surface area contributed by atoms with Gasteiger partial charge in [0.05, 0.1) is 5.60 Å². The van der Waals surface area contributed by atoms with E-state index in [9.17, 15) is 0 Å². The molecular weight excluding hydrogens is 163 g/mol. The molecule has 1 rings (SSSR count). The monoisotopic (exact) mass is 184 g/mol. The Morgan fingerprint density at radius 3 is 2.54 bits per heavy atom. The molecule has 1 unspecified atom stereocenters. The van der Waals surface area contributed by atoms with Crippen LogP contribution in [0, 0.1) is 5.92 Å². The first-order valence-corrected chi connectivity index (χ1v) is 5.22. The van der Waals surface area contributed by atoms with Crippen molar-refractivity contribution < 1.29 is 9.31 Å². The maximum atomic E-state index is 5.83. The highest BCUT2D eigenvalue weighted by Gasteiger charge is 2.36. The maximum Gasteiger partial charge on any atom is 0.457 e. The standard InChI is InChI=1S/C10H21BO2/c1-8(2)7-11-12-9(3)6-10(4,5)13-11/h8-9H,6-7H2,1-5H3. The number of hydrogen-bond donors (Lipinski definition) is 0. The van der Waals surface area contributed by atoms with Crippen LogP contribution in [0.15, 0.2) is 0 Å². The van der Waals surface area contributed by atoms with E-state index in [1.165, 1.54) is 0 Å². The van der Waals surface area contributed by atoms with Crippen LogP contribution in [0.5, 0.6) is 0 Å². The molecule has 2 nitrogen and oxygen atoms in total. The van der Waals surface area contributed by atoms with Crippen LogP contribution in [0.2, 0.25) is 6.32 Å². The average molecular weight is 184 g/mol. The van der Waals surface area contributed by atoms with Gasteiger partial charge < -0.3 is 9.31 Å². The van der Waals surface area contributed by atoms with Crippen molar-refractivity contribution >= 4 is 7.12 Å². The van der Waals surface area contributed by atoms with E-state index >= 15 is 0 Å². The summed E-state index contributed by atoms with van der Waals surface area (Å²) < 4.78 is 11.5. The van der Waals surface area contributed by atoms with Crippen molar-refractivity contribution in [2.24, 2.45) is 5.92 Å². The molecule has 1 heterocycles. The van der Waals surface area contributed by atoms with Crippen LogP contribution in [-0.2, 0) is 9.31 Å². The molecule has 1 saturated heterocycles. The summed E-state index contributed by atoms with van der Waals surface area (Å²) in [5, 5.41) is 0. The lowest BCUT2D eigenvalue weighted by atomic mass is 9.75. The maximum absolute atomic E-state index is 5.83. The van der Waals surface area contributed by atoms with Crippen molar-refractivity contribution in [2.75, 3.05) is 0 Å².